The van der Waals surface area contributed by atoms with Gasteiger partial charge in [0.1, 0.15) is 5.76 Å². The van der Waals surface area contributed by atoms with Gasteiger partial charge in [0.05, 0.1) is 13.1 Å². The molecule has 0 aromatic carbocycles. The maximum atomic E-state index is 12.0. The molecule has 2 aromatic heterocycles. The molecule has 0 radical (unpaired) electrons. The van der Waals surface area contributed by atoms with Crippen LogP contribution in [0, 0.1) is 6.92 Å². The zero-order valence-corrected chi connectivity index (χ0v) is 14.6. The Bertz CT molecular complexity index is 698. The summed E-state index contributed by atoms with van der Waals surface area (Å²) in [4.78, 5) is 18.6. The largest absolute Gasteiger partial charge is 0.360 e. The lowest BCUT2D eigenvalue weighted by Crippen LogP contribution is -2.47. The minimum Gasteiger partial charge on any atom is -0.360 e. The first kappa shape index (κ1) is 17.6. The van der Waals surface area contributed by atoms with Crippen LogP contribution in [0.2, 0.25) is 0 Å². The van der Waals surface area contributed by atoms with Crippen molar-refractivity contribution in [3.8, 4) is 0 Å². The molecule has 1 aliphatic rings. The van der Waals surface area contributed by atoms with Gasteiger partial charge in [-0.3, -0.25) is 9.69 Å². The Morgan fingerprint density at radius 2 is 2.28 bits per heavy atom. The summed E-state index contributed by atoms with van der Waals surface area (Å²) in [7, 11) is 0. The first-order valence-corrected chi connectivity index (χ1v) is 8.62. The molecule has 0 spiro atoms. The van der Waals surface area contributed by atoms with Crippen LogP contribution in [0.3, 0.4) is 0 Å². The van der Waals surface area contributed by atoms with Crippen LogP contribution in [0.15, 0.2) is 15.1 Å². The Morgan fingerprint density at radius 3 is 3.00 bits per heavy atom. The van der Waals surface area contributed by atoms with Gasteiger partial charge >= 0.3 is 0 Å². The molecule has 2 aromatic rings. The lowest BCUT2D eigenvalue weighted by molar-refractivity contribution is -0.115. The van der Waals surface area contributed by atoms with Crippen LogP contribution < -0.4 is 10.6 Å². The van der Waals surface area contributed by atoms with Crippen molar-refractivity contribution < 1.29 is 13.8 Å². The molecule has 1 saturated heterocycles. The highest BCUT2D eigenvalue weighted by atomic mass is 16.5. The van der Waals surface area contributed by atoms with Crippen LogP contribution in [0.4, 0.5) is 5.82 Å². The van der Waals surface area contributed by atoms with Gasteiger partial charge in [-0.25, -0.2) is 0 Å². The van der Waals surface area contributed by atoms with Crippen molar-refractivity contribution in [3.05, 3.63) is 23.5 Å². The molecule has 1 unspecified atom stereocenters. The summed E-state index contributed by atoms with van der Waals surface area (Å²) in [6, 6.07) is 1.95. The van der Waals surface area contributed by atoms with E-state index in [1.807, 2.05) is 6.92 Å². The van der Waals surface area contributed by atoms with E-state index in [0.717, 1.165) is 38.2 Å². The maximum absolute atomic E-state index is 12.0. The second kappa shape index (κ2) is 8.21. The summed E-state index contributed by atoms with van der Waals surface area (Å²) in [6.45, 7) is 6.54. The SMILES string of the molecule is CCc1nc(CN2CCCC(NCC(=O)Nc3cc(C)on3)C2)no1. The standard InChI is InChI=1S/C16H24N6O3/c1-3-16-19-14(21-25-16)10-22-6-4-5-12(9-22)17-8-15(23)18-13-7-11(2)24-20-13/h7,12,17H,3-6,8-10H2,1-2H3,(H,18,20,23). The van der Waals surface area contributed by atoms with Gasteiger partial charge < -0.3 is 19.7 Å². The molecule has 3 heterocycles. The molecule has 0 bridgehead atoms. The molecule has 1 aliphatic heterocycles. The number of amides is 1. The predicted molar refractivity (Wildman–Crippen MR) is 89.8 cm³/mol. The fourth-order valence-corrected chi connectivity index (χ4v) is 2.91. The topological polar surface area (TPSA) is 109 Å². The maximum Gasteiger partial charge on any atom is 0.239 e. The van der Waals surface area contributed by atoms with Gasteiger partial charge in [-0.1, -0.05) is 17.2 Å². The van der Waals surface area contributed by atoms with Crippen LogP contribution in [-0.2, 0) is 17.8 Å². The Balaban J connectivity index is 1.42. The molecule has 1 amide bonds. The molecule has 9 heteroatoms. The van der Waals surface area contributed by atoms with Crippen molar-refractivity contribution >= 4 is 11.7 Å². The summed E-state index contributed by atoms with van der Waals surface area (Å²) >= 11 is 0. The molecular weight excluding hydrogens is 324 g/mol. The highest BCUT2D eigenvalue weighted by Gasteiger charge is 2.21. The number of hydrogen-bond acceptors (Lipinski definition) is 8. The summed E-state index contributed by atoms with van der Waals surface area (Å²) in [6.07, 6.45) is 2.86. The minimum absolute atomic E-state index is 0.129. The number of nitrogens with zero attached hydrogens (tertiary/aromatic N) is 4. The van der Waals surface area contributed by atoms with E-state index in [2.05, 4.69) is 30.8 Å². The van der Waals surface area contributed by atoms with Gasteiger partial charge in [0.25, 0.3) is 0 Å². The van der Waals surface area contributed by atoms with Crippen LogP contribution >= 0.6 is 0 Å². The monoisotopic (exact) mass is 348 g/mol. The predicted octanol–water partition coefficient (Wildman–Crippen LogP) is 1.12. The van der Waals surface area contributed by atoms with Gasteiger partial charge in [-0.2, -0.15) is 4.98 Å². The van der Waals surface area contributed by atoms with E-state index in [1.54, 1.807) is 13.0 Å². The third kappa shape index (κ3) is 5.10. The molecule has 3 rings (SSSR count). The fourth-order valence-electron chi connectivity index (χ4n) is 2.91. The average molecular weight is 348 g/mol. The van der Waals surface area contributed by atoms with E-state index in [1.165, 1.54) is 0 Å². The highest BCUT2D eigenvalue weighted by molar-refractivity contribution is 5.91. The molecule has 1 atom stereocenters. The quantitative estimate of drug-likeness (QED) is 0.766. The van der Waals surface area contributed by atoms with E-state index in [0.29, 0.717) is 24.0 Å². The molecule has 9 nitrogen and oxygen atoms in total. The third-order valence-electron chi connectivity index (χ3n) is 4.13. The third-order valence-corrected chi connectivity index (χ3v) is 4.13. The van der Waals surface area contributed by atoms with Crippen LogP contribution in [0.1, 0.15) is 37.2 Å². The van der Waals surface area contributed by atoms with Gasteiger partial charge in [-0.15, -0.1) is 0 Å². The lowest BCUT2D eigenvalue weighted by atomic mass is 10.1. The molecule has 2 N–H and O–H groups in total. The van der Waals surface area contributed by atoms with E-state index < -0.39 is 0 Å². The number of rotatable bonds is 7. The van der Waals surface area contributed by atoms with E-state index >= 15 is 0 Å². The lowest BCUT2D eigenvalue weighted by Gasteiger charge is -2.32. The minimum atomic E-state index is -0.129. The number of carbonyl (C=O) groups is 1. The van der Waals surface area contributed by atoms with Crippen LogP contribution in [0.5, 0.6) is 0 Å². The second-order valence-corrected chi connectivity index (χ2v) is 6.28. The van der Waals surface area contributed by atoms with Crippen molar-refractivity contribution in [2.24, 2.45) is 0 Å². The van der Waals surface area contributed by atoms with Crippen molar-refractivity contribution in [2.75, 3.05) is 25.0 Å². The molecule has 0 aliphatic carbocycles. The summed E-state index contributed by atoms with van der Waals surface area (Å²) in [5.74, 6) is 2.37. The number of aromatic nitrogens is 3. The zero-order chi connectivity index (χ0) is 17.6. The van der Waals surface area contributed by atoms with Crippen molar-refractivity contribution in [1.82, 2.24) is 25.5 Å². The summed E-state index contributed by atoms with van der Waals surface area (Å²) in [5.41, 5.74) is 0. The van der Waals surface area contributed by atoms with Crippen molar-refractivity contribution in [2.45, 2.75) is 45.7 Å². The Kier molecular flexibility index (Phi) is 5.77. The fraction of sp³-hybridized carbons (Fsp3) is 0.625. The molecule has 0 saturated carbocycles. The Labute approximate surface area is 146 Å². The summed E-state index contributed by atoms with van der Waals surface area (Å²) in [5, 5.41) is 13.8. The number of nitrogens with one attached hydrogen (secondary N) is 2. The number of aryl methyl sites for hydroxylation is 2. The van der Waals surface area contributed by atoms with Crippen molar-refractivity contribution in [1.29, 1.82) is 0 Å². The molecule has 1 fully saturated rings. The first-order chi connectivity index (χ1) is 12.1. The van der Waals surface area contributed by atoms with Gasteiger partial charge in [0.2, 0.25) is 11.8 Å². The number of piperidine rings is 1. The van der Waals surface area contributed by atoms with Gasteiger partial charge in [0.15, 0.2) is 11.6 Å². The zero-order valence-electron chi connectivity index (χ0n) is 14.6. The number of carbonyl (C=O) groups excluding carboxylic acids is 1. The summed E-state index contributed by atoms with van der Waals surface area (Å²) < 4.78 is 10.1. The van der Waals surface area contributed by atoms with Crippen molar-refractivity contribution in [3.63, 3.8) is 0 Å². The Hall–Kier alpha value is -2.26. The second-order valence-electron chi connectivity index (χ2n) is 6.28. The normalized spacial score (nSPS) is 18.4. The van der Waals surface area contributed by atoms with Crippen LogP contribution in [-0.4, -0.2) is 51.8 Å². The Morgan fingerprint density at radius 1 is 1.40 bits per heavy atom. The van der Waals surface area contributed by atoms with E-state index in [4.69, 9.17) is 9.05 Å². The molecule has 25 heavy (non-hydrogen) atoms. The smallest absolute Gasteiger partial charge is 0.239 e. The number of hydrogen-bond donors (Lipinski definition) is 2. The molecule has 136 valence electrons. The first-order valence-electron chi connectivity index (χ1n) is 8.62. The van der Waals surface area contributed by atoms with Gasteiger partial charge in [-0.05, 0) is 26.3 Å². The molecular formula is C16H24N6O3. The average Bonchev–Trinajstić information content (AvgIpc) is 3.22. The van der Waals surface area contributed by atoms with Crippen LogP contribution in [0.25, 0.3) is 0 Å². The highest BCUT2D eigenvalue weighted by Crippen LogP contribution is 2.13. The van der Waals surface area contributed by atoms with E-state index in [-0.39, 0.29) is 18.5 Å². The van der Waals surface area contributed by atoms with E-state index in [9.17, 15) is 4.79 Å². The number of anilines is 1. The van der Waals surface area contributed by atoms with Gasteiger partial charge in [0, 0.05) is 25.1 Å². The number of likely N-dealkylation sites (tertiary alicyclic amines) is 1.